The van der Waals surface area contributed by atoms with Gasteiger partial charge >= 0.3 is 5.97 Å². The fraction of sp³-hybridized carbons (Fsp3) is 0. The molecule has 0 aliphatic rings. The molecule has 4 aromatic rings. The highest BCUT2D eigenvalue weighted by Gasteiger charge is 2.10. The van der Waals surface area contributed by atoms with Crippen LogP contribution in [0.3, 0.4) is 0 Å². The summed E-state index contributed by atoms with van der Waals surface area (Å²) < 4.78 is 2.23. The van der Waals surface area contributed by atoms with Crippen LogP contribution in [0.25, 0.3) is 33.6 Å². The van der Waals surface area contributed by atoms with Crippen LogP contribution >= 0.6 is 0 Å². The Labute approximate surface area is 161 Å². The van der Waals surface area contributed by atoms with Crippen molar-refractivity contribution >= 4 is 33.9 Å². The third-order valence-electron chi connectivity index (χ3n) is 4.63. The molecule has 0 atom stereocenters. The highest BCUT2D eigenvalue weighted by Crippen LogP contribution is 2.31. The zero-order valence-corrected chi connectivity index (χ0v) is 14.9. The number of aromatic nitrogens is 1. The summed E-state index contributed by atoms with van der Waals surface area (Å²) in [5.74, 6) is -1.23. The number of fused-ring (bicyclic) bond motifs is 3. The van der Waals surface area contributed by atoms with Gasteiger partial charge in [0.1, 0.15) is 11.6 Å². The molecule has 1 N–H and O–H groups in total. The number of rotatable bonds is 4. The number of carboxylic acids is 1. The zero-order chi connectivity index (χ0) is 19.5. The summed E-state index contributed by atoms with van der Waals surface area (Å²) >= 11 is 0. The number of benzene rings is 3. The Kier molecular flexibility index (Phi) is 4.49. The molecule has 0 spiro atoms. The summed E-state index contributed by atoms with van der Waals surface area (Å²) in [7, 11) is 0. The second-order valence-electron chi connectivity index (χ2n) is 6.32. The molecular formula is C24H16N2O2. The van der Waals surface area contributed by atoms with E-state index in [0.717, 1.165) is 22.3 Å². The molecule has 0 aliphatic carbocycles. The van der Waals surface area contributed by atoms with Crippen molar-refractivity contribution in [3.63, 3.8) is 0 Å². The lowest BCUT2D eigenvalue weighted by Gasteiger charge is -2.08. The minimum atomic E-state index is -1.23. The molecule has 0 radical (unpaired) electrons. The largest absolute Gasteiger partial charge is 0.477 e. The first-order chi connectivity index (χ1) is 13.7. The van der Waals surface area contributed by atoms with Crippen molar-refractivity contribution in [1.82, 2.24) is 4.57 Å². The summed E-state index contributed by atoms with van der Waals surface area (Å²) in [4.78, 5) is 10.8. The number of carbonyl (C=O) groups is 1. The lowest BCUT2D eigenvalue weighted by atomic mass is 10.1. The molecule has 0 aliphatic heterocycles. The average molecular weight is 364 g/mol. The van der Waals surface area contributed by atoms with E-state index in [1.54, 1.807) is 18.2 Å². The topological polar surface area (TPSA) is 66.0 Å². The Morgan fingerprint density at radius 3 is 2.00 bits per heavy atom. The molecule has 134 valence electrons. The van der Waals surface area contributed by atoms with Crippen molar-refractivity contribution in [1.29, 1.82) is 5.26 Å². The molecule has 1 heterocycles. The highest BCUT2D eigenvalue weighted by molar-refractivity contribution is 6.09. The Bertz CT molecular complexity index is 1230. The number of allylic oxidation sites excluding steroid dienone is 2. The SMILES string of the molecule is N#CC(=CC=Cc1ccc(-n2c3ccccc3c3ccccc32)cc1)C(=O)O. The second-order valence-corrected chi connectivity index (χ2v) is 6.32. The van der Waals surface area contributed by atoms with Crippen LogP contribution in [0.15, 0.2) is 90.5 Å². The first kappa shape index (κ1) is 17.3. The van der Waals surface area contributed by atoms with E-state index in [1.165, 1.54) is 16.8 Å². The lowest BCUT2D eigenvalue weighted by molar-refractivity contribution is -0.132. The van der Waals surface area contributed by atoms with Crippen LogP contribution < -0.4 is 0 Å². The molecule has 0 saturated heterocycles. The minimum Gasteiger partial charge on any atom is -0.477 e. The quantitative estimate of drug-likeness (QED) is 0.302. The van der Waals surface area contributed by atoms with Crippen LogP contribution in [0.2, 0.25) is 0 Å². The van der Waals surface area contributed by atoms with Gasteiger partial charge in [0, 0.05) is 16.5 Å². The number of carboxylic acid groups (broad SMARTS) is 1. The Balaban J connectivity index is 1.74. The molecule has 4 heteroatoms. The highest BCUT2D eigenvalue weighted by atomic mass is 16.4. The van der Waals surface area contributed by atoms with E-state index >= 15 is 0 Å². The van der Waals surface area contributed by atoms with Crippen LogP contribution in [0.4, 0.5) is 0 Å². The first-order valence-electron chi connectivity index (χ1n) is 8.79. The van der Waals surface area contributed by atoms with Crippen LogP contribution in [0, 0.1) is 11.3 Å². The van der Waals surface area contributed by atoms with Gasteiger partial charge in [-0.2, -0.15) is 5.26 Å². The maximum absolute atomic E-state index is 10.8. The monoisotopic (exact) mass is 364 g/mol. The molecule has 4 nitrogen and oxygen atoms in total. The third-order valence-corrected chi connectivity index (χ3v) is 4.63. The maximum Gasteiger partial charge on any atom is 0.346 e. The molecule has 0 bridgehead atoms. The van der Waals surface area contributed by atoms with Crippen LogP contribution in [0.5, 0.6) is 0 Å². The standard InChI is InChI=1S/C24H16N2O2/c25-16-18(24(27)28)7-5-6-17-12-14-19(15-13-17)26-22-10-3-1-8-20(22)21-9-2-4-11-23(21)26/h1-15H,(H,27,28). The van der Waals surface area contributed by atoms with Gasteiger partial charge in [0.2, 0.25) is 0 Å². The summed E-state index contributed by atoms with van der Waals surface area (Å²) in [5.41, 5.74) is 3.97. The van der Waals surface area contributed by atoms with E-state index in [4.69, 9.17) is 10.4 Å². The fourth-order valence-corrected chi connectivity index (χ4v) is 3.35. The first-order valence-corrected chi connectivity index (χ1v) is 8.79. The normalized spacial score (nSPS) is 11.9. The van der Waals surface area contributed by atoms with Gasteiger partial charge in [-0.25, -0.2) is 4.79 Å². The van der Waals surface area contributed by atoms with E-state index < -0.39 is 5.97 Å². The van der Waals surface area contributed by atoms with E-state index in [2.05, 4.69) is 28.8 Å². The average Bonchev–Trinajstić information content (AvgIpc) is 3.06. The number of aliphatic carboxylic acids is 1. The Morgan fingerprint density at radius 1 is 0.893 bits per heavy atom. The maximum atomic E-state index is 10.8. The minimum absolute atomic E-state index is 0.293. The summed E-state index contributed by atoms with van der Waals surface area (Å²) in [6.45, 7) is 0. The van der Waals surface area contributed by atoms with E-state index in [1.807, 2.05) is 48.5 Å². The van der Waals surface area contributed by atoms with Gasteiger partial charge in [-0.05, 0) is 35.9 Å². The van der Waals surface area contributed by atoms with Gasteiger partial charge < -0.3 is 9.67 Å². The van der Waals surface area contributed by atoms with Crippen LogP contribution in [0.1, 0.15) is 5.56 Å². The van der Waals surface area contributed by atoms with Gasteiger partial charge in [0.15, 0.2) is 0 Å². The van der Waals surface area contributed by atoms with Gasteiger partial charge in [-0.15, -0.1) is 0 Å². The summed E-state index contributed by atoms with van der Waals surface area (Å²) in [6, 6.07) is 26.3. The van der Waals surface area contributed by atoms with Crippen molar-refractivity contribution in [3.05, 3.63) is 96.1 Å². The van der Waals surface area contributed by atoms with Gasteiger partial charge in [-0.3, -0.25) is 0 Å². The molecule has 1 aromatic heterocycles. The molecule has 3 aromatic carbocycles. The molecule has 28 heavy (non-hydrogen) atoms. The fourth-order valence-electron chi connectivity index (χ4n) is 3.35. The van der Waals surface area contributed by atoms with Gasteiger partial charge in [-0.1, -0.05) is 60.7 Å². The number of nitriles is 1. The predicted molar refractivity (Wildman–Crippen MR) is 111 cm³/mol. The number of para-hydroxylation sites is 2. The summed E-state index contributed by atoms with van der Waals surface area (Å²) in [6.07, 6.45) is 4.64. The Hall–Kier alpha value is -4.10. The Morgan fingerprint density at radius 2 is 1.46 bits per heavy atom. The zero-order valence-electron chi connectivity index (χ0n) is 14.9. The van der Waals surface area contributed by atoms with E-state index in [0.29, 0.717) is 0 Å². The van der Waals surface area contributed by atoms with Crippen LogP contribution in [-0.4, -0.2) is 15.6 Å². The number of nitrogens with zero attached hydrogens (tertiary/aromatic N) is 2. The molecule has 0 amide bonds. The molecule has 0 fully saturated rings. The van der Waals surface area contributed by atoms with Crippen molar-refractivity contribution in [2.24, 2.45) is 0 Å². The smallest absolute Gasteiger partial charge is 0.346 e. The van der Waals surface area contributed by atoms with E-state index in [-0.39, 0.29) is 5.57 Å². The van der Waals surface area contributed by atoms with E-state index in [9.17, 15) is 4.79 Å². The van der Waals surface area contributed by atoms with Crippen LogP contribution in [-0.2, 0) is 4.79 Å². The molecule has 0 unspecified atom stereocenters. The third kappa shape index (κ3) is 3.06. The molecule has 0 saturated carbocycles. The lowest BCUT2D eigenvalue weighted by Crippen LogP contribution is -1.96. The van der Waals surface area contributed by atoms with Crippen molar-refractivity contribution < 1.29 is 9.90 Å². The van der Waals surface area contributed by atoms with Crippen molar-refractivity contribution in [3.8, 4) is 11.8 Å². The predicted octanol–water partition coefficient (Wildman–Crippen LogP) is 5.33. The summed E-state index contributed by atoms with van der Waals surface area (Å²) in [5, 5.41) is 20.1. The second kappa shape index (κ2) is 7.26. The number of hydrogen-bond acceptors (Lipinski definition) is 2. The molecule has 4 rings (SSSR count). The van der Waals surface area contributed by atoms with Crippen molar-refractivity contribution in [2.45, 2.75) is 0 Å². The molecular weight excluding hydrogens is 348 g/mol. The number of hydrogen-bond donors (Lipinski definition) is 1. The van der Waals surface area contributed by atoms with Crippen molar-refractivity contribution in [2.75, 3.05) is 0 Å². The van der Waals surface area contributed by atoms with Gasteiger partial charge in [0.05, 0.1) is 11.0 Å². The van der Waals surface area contributed by atoms with Gasteiger partial charge in [0.25, 0.3) is 0 Å².